The average Bonchev–Trinajstić information content (AvgIpc) is 4.19. The van der Waals surface area contributed by atoms with Crippen molar-refractivity contribution in [3.05, 3.63) is 112 Å². The minimum Gasteiger partial charge on any atom is -0.506 e. The number of carbonyl (C=O) groups is 2. The zero-order chi connectivity index (χ0) is 54.3. The van der Waals surface area contributed by atoms with Gasteiger partial charge < -0.3 is 41.0 Å². The Morgan fingerprint density at radius 1 is 0.703 bits per heavy atom. The molecule has 0 aliphatic heterocycles. The number of pyridine rings is 4. The van der Waals surface area contributed by atoms with Gasteiger partial charge in [-0.15, -0.1) is 45.3 Å². The summed E-state index contributed by atoms with van der Waals surface area (Å²) in [5, 5.41) is 54.3. The molecular formula is C46H43Cl6N8O9PS4. The van der Waals surface area contributed by atoms with Crippen LogP contribution in [0, 0.1) is 22.7 Å². The number of H-pyrrole nitrogens is 3. The van der Waals surface area contributed by atoms with Crippen molar-refractivity contribution in [1.29, 1.82) is 10.5 Å². The maximum atomic E-state index is 12.2. The molecule has 28 heteroatoms. The van der Waals surface area contributed by atoms with E-state index < -0.39 is 33.8 Å². The van der Waals surface area contributed by atoms with Crippen molar-refractivity contribution < 1.29 is 29.1 Å². The number of aromatic nitrogens is 4. The second-order valence-corrected chi connectivity index (χ2v) is 26.6. The van der Waals surface area contributed by atoms with Crippen LogP contribution in [0.1, 0.15) is 103 Å². The van der Waals surface area contributed by atoms with Crippen LogP contribution in [0.5, 0.6) is 11.5 Å². The van der Waals surface area contributed by atoms with Crippen molar-refractivity contribution in [3.8, 4) is 23.6 Å². The van der Waals surface area contributed by atoms with E-state index in [1.807, 2.05) is 16.8 Å². The standard InChI is InChI=1S/C14H16N2O3S.C10H9NO4S.C8H2Cl2N2S.C8H3ClN2OS.C6H13N.Cl3OP/c17-12-9-6-20-7-10(9)16-14(19)11(12)13(18)15-8-4-2-1-3-5-8;1-2-15-10(14)7-8(12)5-3-16-4-6(5)11-9(7)13;9-7-4(1-11)8(10)12-6-3-13-2-5(6)7;9-7-4(1-10)8(12)11-6-3-13-2-5(6)7;7-6-4-2-1-3-5-6;1-5(2,3)4/h6-8,17H,1-5H2,(H,15,18)(H,16,19);3-4,12H,2H2,1H3,(H,11,13);2-3H;2-3H,(H,11,12);6H,1-5,7H2;. The molecule has 8 N–H and O–H groups in total. The topological polar surface area (TPSA) is 298 Å². The molecule has 8 aromatic heterocycles. The summed E-state index contributed by atoms with van der Waals surface area (Å²) in [6.45, 7) is 1.78. The van der Waals surface area contributed by atoms with Gasteiger partial charge >= 0.3 is 11.2 Å². The lowest BCUT2D eigenvalue weighted by molar-refractivity contribution is 0.0521. The molecule has 0 bridgehead atoms. The molecule has 8 heterocycles. The zero-order valence-electron chi connectivity index (χ0n) is 38.6. The number of aromatic amines is 3. The molecule has 2 fully saturated rings. The predicted octanol–water partition coefficient (Wildman–Crippen LogP) is 13.5. The summed E-state index contributed by atoms with van der Waals surface area (Å²) in [7, 11) is 0. The molecule has 0 atom stereocenters. The first-order valence-corrected chi connectivity index (χ1v) is 31.3. The largest absolute Gasteiger partial charge is 0.506 e. The number of nitrogens with zero attached hydrogens (tertiary/aromatic N) is 3. The van der Waals surface area contributed by atoms with E-state index in [4.69, 9.17) is 55.8 Å². The van der Waals surface area contributed by atoms with Gasteiger partial charge in [-0.2, -0.15) is 10.5 Å². The SMILES string of the molecule is CCOC(=O)c1c(O)c2cscc2[nH]c1=O.N#Cc1c(Cl)c2cscc2[nH]c1=O.N#Cc1c(Cl)nc2cscc2c1Cl.NC1CCCCC1.O=C(NC1CCCCC1)c1c(O)c2cscc2[nH]c1=O.O=P(Cl)(Cl)Cl. The number of amides is 1. The van der Waals surface area contributed by atoms with Gasteiger partial charge in [-0.05, 0) is 66.3 Å². The van der Waals surface area contributed by atoms with Crippen LogP contribution in [0.25, 0.3) is 43.6 Å². The maximum absolute atomic E-state index is 12.2. The number of hydrogen-bond acceptors (Lipinski definition) is 17. The van der Waals surface area contributed by atoms with Gasteiger partial charge in [0.15, 0.2) is 5.56 Å². The van der Waals surface area contributed by atoms with Crippen molar-refractivity contribution >= 4 is 175 Å². The minimum absolute atomic E-state index is 0.0208. The average molecular weight is 1220 g/mol. The number of ether oxygens (including phenoxy) is 1. The van der Waals surface area contributed by atoms with Crippen molar-refractivity contribution in [3.63, 3.8) is 0 Å². The molecule has 0 spiro atoms. The summed E-state index contributed by atoms with van der Waals surface area (Å²) < 4.78 is 14.2. The number of nitrogens with two attached hydrogens (primary N) is 1. The van der Waals surface area contributed by atoms with E-state index in [0.29, 0.717) is 38.4 Å². The summed E-state index contributed by atoms with van der Waals surface area (Å²) in [4.78, 5) is 70.2. The summed E-state index contributed by atoms with van der Waals surface area (Å²) in [5.74, 6) is -1.84. The first-order chi connectivity index (χ1) is 35.2. The van der Waals surface area contributed by atoms with Crippen LogP contribution >= 0.6 is 119 Å². The van der Waals surface area contributed by atoms with Gasteiger partial charge in [0.2, 0.25) is 0 Å². The molecule has 1 amide bonds. The zero-order valence-corrected chi connectivity index (χ0v) is 47.3. The Morgan fingerprint density at radius 2 is 1.14 bits per heavy atom. The third-order valence-electron chi connectivity index (χ3n) is 10.9. The number of hydrogen-bond donors (Lipinski definition) is 7. The Labute approximate surface area is 466 Å². The molecule has 0 unspecified atom stereocenters. The van der Waals surface area contributed by atoms with Crippen LogP contribution < -0.4 is 27.7 Å². The van der Waals surface area contributed by atoms with Crippen molar-refractivity contribution in [2.75, 3.05) is 6.61 Å². The Bertz CT molecular complexity index is 3570. The first-order valence-electron chi connectivity index (χ1n) is 22.0. The highest BCUT2D eigenvalue weighted by molar-refractivity contribution is 8.24. The molecule has 2 aliphatic rings. The number of nitriles is 2. The molecule has 10 rings (SSSR count). The highest BCUT2D eigenvalue weighted by Gasteiger charge is 2.24. The van der Waals surface area contributed by atoms with Gasteiger partial charge in [0.05, 0.1) is 49.5 Å². The third-order valence-corrected chi connectivity index (χ3v) is 14.9. The second-order valence-electron chi connectivity index (χ2n) is 15.9. The van der Waals surface area contributed by atoms with Crippen LogP contribution in [-0.2, 0) is 9.30 Å². The van der Waals surface area contributed by atoms with E-state index in [-0.39, 0.29) is 56.6 Å². The highest BCUT2D eigenvalue weighted by Crippen LogP contribution is 2.61. The van der Waals surface area contributed by atoms with Crippen LogP contribution in [0.3, 0.4) is 0 Å². The first kappa shape index (κ1) is 60.2. The smallest absolute Gasteiger partial charge is 0.347 e. The van der Waals surface area contributed by atoms with E-state index in [2.05, 4.69) is 59.0 Å². The summed E-state index contributed by atoms with van der Waals surface area (Å²) in [5.41, 5.74) is 6.22. The van der Waals surface area contributed by atoms with E-state index in [1.54, 1.807) is 45.3 Å². The van der Waals surface area contributed by atoms with Gasteiger partial charge in [-0.1, -0.05) is 73.3 Å². The normalized spacial score (nSPS) is 13.5. The van der Waals surface area contributed by atoms with E-state index in [9.17, 15) is 38.8 Å². The number of nitrogens with one attached hydrogen (secondary N) is 4. The molecule has 74 heavy (non-hydrogen) atoms. The molecule has 0 aromatic carbocycles. The van der Waals surface area contributed by atoms with E-state index in [0.717, 1.165) is 42.0 Å². The van der Waals surface area contributed by atoms with E-state index >= 15 is 0 Å². The van der Waals surface area contributed by atoms with Crippen LogP contribution in [0.2, 0.25) is 15.2 Å². The van der Waals surface area contributed by atoms with E-state index in [1.165, 1.54) is 83.9 Å². The number of rotatable bonds is 4. The lowest BCUT2D eigenvalue weighted by Crippen LogP contribution is -2.38. The highest BCUT2D eigenvalue weighted by atomic mass is 36.0. The molecule has 2 aliphatic carbocycles. The number of fused-ring (bicyclic) bond motifs is 4. The third kappa shape index (κ3) is 16.4. The van der Waals surface area contributed by atoms with Gasteiger partial charge in [-0.3, -0.25) is 23.7 Å². The lowest BCUT2D eigenvalue weighted by atomic mass is 9.95. The minimum atomic E-state index is -3.22. The van der Waals surface area contributed by atoms with Crippen LogP contribution in [0.15, 0.2) is 57.4 Å². The maximum Gasteiger partial charge on any atom is 0.347 e. The molecule has 8 aromatic rings. The summed E-state index contributed by atoms with van der Waals surface area (Å²) in [6.07, 6.45) is 11.9. The molecule has 392 valence electrons. The monoisotopic (exact) mass is 1220 g/mol. The van der Waals surface area contributed by atoms with Gasteiger partial charge in [0.1, 0.15) is 45.5 Å². The predicted molar refractivity (Wildman–Crippen MR) is 301 cm³/mol. The molecule has 0 radical (unpaired) electrons. The molecule has 0 saturated heterocycles. The van der Waals surface area contributed by atoms with Gasteiger partial charge in [0, 0.05) is 65.9 Å². The summed E-state index contributed by atoms with van der Waals surface area (Å²) in [6, 6.07) is 4.34. The fourth-order valence-electron chi connectivity index (χ4n) is 7.36. The molecule has 2 saturated carbocycles. The summed E-state index contributed by atoms with van der Waals surface area (Å²) >= 11 is 37.0. The quantitative estimate of drug-likeness (QED) is 0.0490. The Kier molecular flexibility index (Phi) is 23.1. The fraction of sp³-hybridized carbons (Fsp3) is 0.304. The van der Waals surface area contributed by atoms with Gasteiger partial charge in [-0.25, -0.2) is 9.78 Å². The Hall–Kier alpha value is -4.71. The Balaban J connectivity index is 0.000000172. The Morgan fingerprint density at radius 3 is 1.64 bits per heavy atom. The number of aromatic hydroxyl groups is 2. The fourth-order valence-corrected chi connectivity index (χ4v) is 11.4. The van der Waals surface area contributed by atoms with Crippen molar-refractivity contribution in [2.24, 2.45) is 5.73 Å². The van der Waals surface area contributed by atoms with Crippen molar-refractivity contribution in [2.45, 2.75) is 83.2 Å². The number of esters is 1. The van der Waals surface area contributed by atoms with Crippen LogP contribution in [-0.4, -0.2) is 60.7 Å². The number of halogens is 6. The number of carbonyl (C=O) groups excluding carboxylic acids is 2. The van der Waals surface area contributed by atoms with Crippen LogP contribution in [0.4, 0.5) is 0 Å². The second kappa shape index (κ2) is 28.4. The molecule has 17 nitrogen and oxygen atoms in total. The van der Waals surface area contributed by atoms with Crippen molar-refractivity contribution in [1.82, 2.24) is 25.3 Å². The lowest BCUT2D eigenvalue weighted by Gasteiger charge is -2.22. The van der Waals surface area contributed by atoms with Gasteiger partial charge in [0.25, 0.3) is 22.6 Å². The number of thiophene rings is 4. The molecular weight excluding hydrogens is 1180 g/mol.